The van der Waals surface area contributed by atoms with E-state index < -0.39 is 15.7 Å². The van der Waals surface area contributed by atoms with Crippen molar-refractivity contribution in [2.75, 3.05) is 45.3 Å². The van der Waals surface area contributed by atoms with Crippen LogP contribution in [0.25, 0.3) is 0 Å². The molecule has 9 nitrogen and oxygen atoms in total. The Bertz CT molecular complexity index is 863. The second-order valence-corrected chi connectivity index (χ2v) is 11.2. The van der Waals surface area contributed by atoms with E-state index in [4.69, 9.17) is 27.2 Å². The van der Waals surface area contributed by atoms with E-state index in [-0.39, 0.29) is 27.6 Å². The molecule has 1 fully saturated rings. The number of carbonyl (C=O) groups excluding carboxylic acids is 1. The first kappa shape index (κ1) is 26.1. The molecule has 12 heteroatoms. The Morgan fingerprint density at radius 2 is 2.06 bits per heavy atom. The summed E-state index contributed by atoms with van der Waals surface area (Å²) in [5.74, 6) is 2.17. The SMILES string of the molecule is CCSCC[C@](N)(C(=O)N1CCC(COc2ncc(S(N)(=O)=O)cc2Cl)CC1)N(C)C. The summed E-state index contributed by atoms with van der Waals surface area (Å²) in [5, 5.41) is 5.16. The molecule has 1 aromatic heterocycles. The lowest BCUT2D eigenvalue weighted by atomic mass is 9.95. The van der Waals surface area contributed by atoms with E-state index in [0.717, 1.165) is 30.5 Å². The van der Waals surface area contributed by atoms with Crippen molar-refractivity contribution in [2.24, 2.45) is 16.8 Å². The second-order valence-electron chi connectivity index (χ2n) is 7.82. The number of ether oxygens (including phenoxy) is 1. The summed E-state index contributed by atoms with van der Waals surface area (Å²) < 4.78 is 28.4. The fourth-order valence-electron chi connectivity index (χ4n) is 3.34. The van der Waals surface area contributed by atoms with Gasteiger partial charge < -0.3 is 15.4 Å². The van der Waals surface area contributed by atoms with Gasteiger partial charge in [-0.25, -0.2) is 18.5 Å². The minimum absolute atomic E-state index is 0.0446. The molecule has 2 heterocycles. The van der Waals surface area contributed by atoms with Crippen LogP contribution in [0, 0.1) is 5.92 Å². The van der Waals surface area contributed by atoms with Crippen LogP contribution in [0.4, 0.5) is 0 Å². The summed E-state index contributed by atoms with van der Waals surface area (Å²) in [6, 6.07) is 1.22. The molecule has 31 heavy (non-hydrogen) atoms. The molecule has 1 amide bonds. The minimum atomic E-state index is -3.87. The highest BCUT2D eigenvalue weighted by atomic mass is 35.5. The van der Waals surface area contributed by atoms with Crippen molar-refractivity contribution in [3.8, 4) is 5.88 Å². The van der Waals surface area contributed by atoms with Gasteiger partial charge in [0.25, 0.3) is 5.91 Å². The Hall–Kier alpha value is -1.11. The number of likely N-dealkylation sites (N-methyl/N-ethyl adjacent to an activating group) is 1. The molecule has 1 saturated heterocycles. The number of aromatic nitrogens is 1. The third-order valence-corrected chi connectivity index (χ3v) is 7.52. The van der Waals surface area contributed by atoms with E-state index >= 15 is 0 Å². The molecule has 1 atom stereocenters. The fourth-order valence-corrected chi connectivity index (χ4v) is 4.85. The van der Waals surface area contributed by atoms with Crippen LogP contribution in [0.5, 0.6) is 5.88 Å². The van der Waals surface area contributed by atoms with Crippen molar-refractivity contribution in [3.63, 3.8) is 0 Å². The number of sulfonamides is 1. The maximum Gasteiger partial charge on any atom is 0.257 e. The number of rotatable bonds is 10. The molecule has 1 aliphatic rings. The van der Waals surface area contributed by atoms with Gasteiger partial charge >= 0.3 is 0 Å². The molecule has 0 aliphatic carbocycles. The summed E-state index contributed by atoms with van der Waals surface area (Å²) in [5.41, 5.74) is 5.50. The number of primary sulfonamides is 1. The van der Waals surface area contributed by atoms with Crippen LogP contribution >= 0.6 is 23.4 Å². The predicted molar refractivity (Wildman–Crippen MR) is 124 cm³/mol. The molecule has 1 aromatic rings. The number of amides is 1. The Labute approximate surface area is 193 Å². The summed E-state index contributed by atoms with van der Waals surface area (Å²) in [4.78, 5) is 20.6. The molecule has 0 bridgehead atoms. The number of carbonyl (C=O) groups is 1. The van der Waals surface area contributed by atoms with Gasteiger partial charge in [-0.1, -0.05) is 18.5 Å². The molecular weight excluding hydrogens is 462 g/mol. The zero-order chi connectivity index (χ0) is 23.2. The normalized spacial score (nSPS) is 17.6. The van der Waals surface area contributed by atoms with Crippen molar-refractivity contribution in [2.45, 2.75) is 36.7 Å². The lowest BCUT2D eigenvalue weighted by molar-refractivity contribution is -0.144. The lowest BCUT2D eigenvalue weighted by Gasteiger charge is -2.41. The van der Waals surface area contributed by atoms with Gasteiger partial charge in [0, 0.05) is 13.1 Å². The van der Waals surface area contributed by atoms with Gasteiger partial charge in [0.05, 0.1) is 12.8 Å². The third kappa shape index (κ3) is 6.93. The van der Waals surface area contributed by atoms with E-state index in [0.29, 0.717) is 26.1 Å². The number of nitrogens with two attached hydrogens (primary N) is 2. The molecule has 0 radical (unpaired) electrons. The summed E-state index contributed by atoms with van der Waals surface area (Å²) in [6.45, 7) is 3.67. The molecular formula is C19H32ClN5O4S2. The van der Waals surface area contributed by atoms with E-state index in [9.17, 15) is 13.2 Å². The van der Waals surface area contributed by atoms with E-state index in [2.05, 4.69) is 11.9 Å². The van der Waals surface area contributed by atoms with Gasteiger partial charge in [-0.15, -0.1) is 0 Å². The van der Waals surface area contributed by atoms with Gasteiger partial charge in [-0.2, -0.15) is 11.8 Å². The van der Waals surface area contributed by atoms with Crippen LogP contribution in [0.3, 0.4) is 0 Å². The number of piperidine rings is 1. The summed E-state index contributed by atoms with van der Waals surface area (Å²) in [6.07, 6.45) is 3.26. The lowest BCUT2D eigenvalue weighted by Crippen LogP contribution is -2.64. The number of hydrogen-bond acceptors (Lipinski definition) is 8. The fraction of sp³-hybridized carbons (Fsp3) is 0.684. The van der Waals surface area contributed by atoms with Crippen molar-refractivity contribution >= 4 is 39.3 Å². The molecule has 2 rings (SSSR count). The Balaban J connectivity index is 1.90. The molecule has 1 aliphatic heterocycles. The number of hydrogen-bond donors (Lipinski definition) is 2. The average molecular weight is 494 g/mol. The first-order chi connectivity index (χ1) is 14.5. The van der Waals surface area contributed by atoms with Crippen LogP contribution in [-0.2, 0) is 14.8 Å². The largest absolute Gasteiger partial charge is 0.476 e. The quantitative estimate of drug-likeness (QED) is 0.369. The molecule has 0 unspecified atom stereocenters. The van der Waals surface area contributed by atoms with Crippen LogP contribution in [0.15, 0.2) is 17.2 Å². The van der Waals surface area contributed by atoms with Gasteiger partial charge in [-0.05, 0) is 56.8 Å². The molecule has 4 N–H and O–H groups in total. The zero-order valence-corrected chi connectivity index (χ0v) is 20.6. The monoisotopic (exact) mass is 493 g/mol. The molecule has 0 spiro atoms. The van der Waals surface area contributed by atoms with Gasteiger partial charge in [0.2, 0.25) is 15.9 Å². The topological polar surface area (TPSA) is 132 Å². The number of likely N-dealkylation sites (tertiary alicyclic amines) is 1. The molecule has 0 aromatic carbocycles. The van der Waals surface area contributed by atoms with Crippen LogP contribution in [0.1, 0.15) is 26.2 Å². The van der Waals surface area contributed by atoms with Crippen LogP contribution in [0.2, 0.25) is 5.02 Å². The minimum Gasteiger partial charge on any atom is -0.476 e. The standard InChI is InChI=1S/C19H32ClN5O4S2/c1-4-30-10-7-19(21,24(2)3)18(26)25-8-5-14(6-9-25)13-29-17-16(20)11-15(12-23-17)31(22,27)28/h11-12,14H,4-10,13,21H2,1-3H3,(H2,22,27,28)/t19-/m1/s1. The highest BCUT2D eigenvalue weighted by Crippen LogP contribution is 2.27. The summed E-state index contributed by atoms with van der Waals surface area (Å²) in [7, 11) is -0.192. The van der Waals surface area contributed by atoms with Crippen molar-refractivity contribution < 1.29 is 17.9 Å². The zero-order valence-electron chi connectivity index (χ0n) is 18.2. The summed E-state index contributed by atoms with van der Waals surface area (Å²) >= 11 is 7.84. The first-order valence-corrected chi connectivity index (χ1v) is 13.2. The van der Waals surface area contributed by atoms with E-state index in [1.807, 2.05) is 19.0 Å². The number of nitrogens with zero attached hydrogens (tertiary/aromatic N) is 3. The van der Waals surface area contributed by atoms with Gasteiger partial charge in [0.1, 0.15) is 9.92 Å². The second kappa shape index (κ2) is 11.2. The Morgan fingerprint density at radius 1 is 1.42 bits per heavy atom. The van der Waals surface area contributed by atoms with Crippen LogP contribution in [-0.4, -0.2) is 80.1 Å². The average Bonchev–Trinajstić information content (AvgIpc) is 2.72. The van der Waals surface area contributed by atoms with E-state index in [1.165, 1.54) is 6.07 Å². The van der Waals surface area contributed by atoms with Crippen molar-refractivity contribution in [1.82, 2.24) is 14.8 Å². The van der Waals surface area contributed by atoms with Gasteiger partial charge in [0.15, 0.2) is 5.66 Å². The van der Waals surface area contributed by atoms with Gasteiger partial charge in [-0.3, -0.25) is 9.69 Å². The predicted octanol–water partition coefficient (Wildman–Crippen LogP) is 1.36. The maximum absolute atomic E-state index is 13.1. The highest BCUT2D eigenvalue weighted by molar-refractivity contribution is 7.99. The Kier molecular flexibility index (Phi) is 9.41. The van der Waals surface area contributed by atoms with Crippen LogP contribution < -0.4 is 15.6 Å². The number of pyridine rings is 1. The number of thioether (sulfide) groups is 1. The van der Waals surface area contributed by atoms with Crippen molar-refractivity contribution in [3.05, 3.63) is 17.3 Å². The van der Waals surface area contributed by atoms with Crippen molar-refractivity contribution in [1.29, 1.82) is 0 Å². The highest BCUT2D eigenvalue weighted by Gasteiger charge is 2.40. The smallest absolute Gasteiger partial charge is 0.257 e. The molecule has 0 saturated carbocycles. The third-order valence-electron chi connectivity index (χ3n) is 5.47. The van der Waals surface area contributed by atoms with E-state index in [1.54, 1.807) is 16.7 Å². The first-order valence-electron chi connectivity index (χ1n) is 10.1. The molecule has 176 valence electrons. The Morgan fingerprint density at radius 3 is 2.58 bits per heavy atom. The maximum atomic E-state index is 13.1. The number of halogens is 1.